The summed E-state index contributed by atoms with van der Waals surface area (Å²) in [5.74, 6) is -1.60. The van der Waals surface area contributed by atoms with E-state index in [2.05, 4.69) is 9.97 Å². The Morgan fingerprint density at radius 3 is 2.71 bits per heavy atom. The lowest BCUT2D eigenvalue weighted by atomic mass is 10.3. The largest absolute Gasteiger partial charge is 0.456 e. The number of hydrogen-bond donors (Lipinski definition) is 0. The minimum atomic E-state index is -0.654. The first kappa shape index (κ1) is 20.2. The fourth-order valence-corrected chi connectivity index (χ4v) is 3.40. The van der Waals surface area contributed by atoms with Crippen LogP contribution < -0.4 is 4.90 Å². The molecule has 0 unspecified atom stereocenters. The maximum Gasteiger partial charge on any atom is 0.340 e. The van der Waals surface area contributed by atoms with Crippen molar-refractivity contribution in [1.29, 1.82) is 0 Å². The van der Waals surface area contributed by atoms with Gasteiger partial charge in [-0.15, -0.1) is 11.3 Å². The number of carbonyl (C=O) groups is 2. The van der Waals surface area contributed by atoms with Crippen molar-refractivity contribution in [3.05, 3.63) is 69.2 Å². The second kappa shape index (κ2) is 8.64. The van der Waals surface area contributed by atoms with Gasteiger partial charge in [-0.25, -0.2) is 19.2 Å². The molecule has 2 heterocycles. The first-order valence-electron chi connectivity index (χ1n) is 7.84. The van der Waals surface area contributed by atoms with Gasteiger partial charge in [0.25, 0.3) is 0 Å². The molecule has 0 radical (unpaired) electrons. The summed E-state index contributed by atoms with van der Waals surface area (Å²) in [5.41, 5.74) is 0.639. The van der Waals surface area contributed by atoms with E-state index < -0.39 is 17.7 Å². The van der Waals surface area contributed by atoms with Gasteiger partial charge in [-0.1, -0.05) is 35.3 Å². The van der Waals surface area contributed by atoms with Gasteiger partial charge in [0.05, 0.1) is 22.0 Å². The van der Waals surface area contributed by atoms with E-state index >= 15 is 0 Å². The number of pyridine rings is 1. The summed E-state index contributed by atoms with van der Waals surface area (Å²) in [6, 6.07) is 7.24. The summed E-state index contributed by atoms with van der Waals surface area (Å²) >= 11 is 12.7. The molecule has 0 saturated carbocycles. The Bertz CT molecular complexity index is 1040. The number of aromatic nitrogens is 2. The average Bonchev–Trinajstić information content (AvgIpc) is 3.12. The molecule has 28 heavy (non-hydrogen) atoms. The molecule has 6 nitrogen and oxygen atoms in total. The van der Waals surface area contributed by atoms with Crippen LogP contribution in [0.4, 0.5) is 15.2 Å². The van der Waals surface area contributed by atoms with E-state index in [0.717, 1.165) is 16.2 Å². The lowest BCUT2D eigenvalue weighted by Crippen LogP contribution is -2.23. The van der Waals surface area contributed by atoms with Crippen molar-refractivity contribution in [3.63, 3.8) is 0 Å². The zero-order valence-corrected chi connectivity index (χ0v) is 16.7. The molecule has 3 aromatic rings. The van der Waals surface area contributed by atoms with Gasteiger partial charge in [0, 0.05) is 18.5 Å². The summed E-state index contributed by atoms with van der Waals surface area (Å²) in [6.07, 6.45) is 1.25. The average molecular weight is 440 g/mol. The van der Waals surface area contributed by atoms with Crippen LogP contribution in [0.2, 0.25) is 10.2 Å². The predicted molar refractivity (Wildman–Crippen MR) is 105 cm³/mol. The van der Waals surface area contributed by atoms with Gasteiger partial charge in [-0.2, -0.15) is 0 Å². The van der Waals surface area contributed by atoms with Crippen molar-refractivity contribution in [3.8, 4) is 0 Å². The maximum absolute atomic E-state index is 14.1. The number of esters is 1. The van der Waals surface area contributed by atoms with Crippen LogP contribution in [0.1, 0.15) is 23.0 Å². The highest BCUT2D eigenvalue weighted by molar-refractivity contribution is 7.14. The molecular formula is C18H12Cl2FN3O3S. The molecule has 0 N–H and O–H groups in total. The molecule has 0 aliphatic heterocycles. The third kappa shape index (κ3) is 4.46. The number of amides is 1. The Balaban J connectivity index is 1.74. The van der Waals surface area contributed by atoms with E-state index in [4.69, 9.17) is 27.9 Å². The quantitative estimate of drug-likeness (QED) is 0.411. The number of benzene rings is 1. The Morgan fingerprint density at radius 1 is 1.29 bits per heavy atom. The first-order chi connectivity index (χ1) is 13.4. The zero-order valence-electron chi connectivity index (χ0n) is 14.4. The predicted octanol–water partition coefficient (Wildman–Crippen LogP) is 5.03. The van der Waals surface area contributed by atoms with Gasteiger partial charge < -0.3 is 4.74 Å². The molecule has 10 heteroatoms. The summed E-state index contributed by atoms with van der Waals surface area (Å²) in [7, 11) is 0. The second-order valence-corrected chi connectivity index (χ2v) is 7.10. The molecule has 0 aliphatic rings. The molecular weight excluding hydrogens is 428 g/mol. The maximum atomic E-state index is 14.1. The third-order valence-electron chi connectivity index (χ3n) is 3.52. The lowest BCUT2D eigenvalue weighted by molar-refractivity contribution is -0.115. The van der Waals surface area contributed by atoms with E-state index in [-0.39, 0.29) is 33.2 Å². The minimum absolute atomic E-state index is 0.0832. The molecule has 2 aromatic heterocycles. The molecule has 3 rings (SSSR count). The molecule has 0 aliphatic carbocycles. The number of hydrogen-bond acceptors (Lipinski definition) is 6. The molecule has 1 aromatic carbocycles. The van der Waals surface area contributed by atoms with Crippen LogP contribution in [-0.4, -0.2) is 21.8 Å². The number of halogens is 3. The van der Waals surface area contributed by atoms with E-state index in [1.54, 1.807) is 11.4 Å². The minimum Gasteiger partial charge on any atom is -0.456 e. The highest BCUT2D eigenvalue weighted by Crippen LogP contribution is 2.31. The lowest BCUT2D eigenvalue weighted by Gasteiger charge is -2.18. The number of carbonyl (C=O) groups excluding carboxylic acids is 2. The molecule has 0 atom stereocenters. The molecule has 0 fully saturated rings. The summed E-state index contributed by atoms with van der Waals surface area (Å²) < 4.78 is 19.3. The Labute approximate surface area is 173 Å². The van der Waals surface area contributed by atoms with Crippen molar-refractivity contribution in [2.75, 3.05) is 4.90 Å². The molecule has 144 valence electrons. The Morgan fingerprint density at radius 2 is 2.04 bits per heavy atom. The van der Waals surface area contributed by atoms with Crippen LogP contribution in [-0.2, 0) is 16.1 Å². The van der Waals surface area contributed by atoms with Crippen LogP contribution in [0.3, 0.4) is 0 Å². The topological polar surface area (TPSA) is 72.4 Å². The van der Waals surface area contributed by atoms with Crippen LogP contribution >= 0.6 is 34.5 Å². The third-order valence-corrected chi connectivity index (χ3v) is 5.08. The van der Waals surface area contributed by atoms with Crippen molar-refractivity contribution in [2.45, 2.75) is 13.5 Å². The van der Waals surface area contributed by atoms with E-state index in [1.165, 1.54) is 37.4 Å². The highest BCUT2D eigenvalue weighted by Gasteiger charge is 2.21. The van der Waals surface area contributed by atoms with E-state index in [1.807, 2.05) is 0 Å². The van der Waals surface area contributed by atoms with Gasteiger partial charge in [0.1, 0.15) is 17.6 Å². The SMILES string of the molecule is CC(=O)N(c1nc(COC(=O)c2cnc(Cl)c(Cl)c2)cs1)c1ccccc1F. The number of ether oxygens (including phenoxy) is 1. The van der Waals surface area contributed by atoms with Gasteiger partial charge in [-0.05, 0) is 18.2 Å². The number of nitrogens with zero attached hydrogens (tertiary/aromatic N) is 3. The first-order valence-corrected chi connectivity index (χ1v) is 9.48. The number of para-hydroxylation sites is 1. The van der Waals surface area contributed by atoms with Gasteiger partial charge in [0.2, 0.25) is 5.91 Å². The molecule has 1 amide bonds. The van der Waals surface area contributed by atoms with Gasteiger partial charge in [0.15, 0.2) is 5.13 Å². The fraction of sp³-hybridized carbons (Fsp3) is 0.111. The summed E-state index contributed by atoms with van der Waals surface area (Å²) in [6.45, 7) is 1.17. The molecule has 0 spiro atoms. The van der Waals surface area contributed by atoms with Crippen molar-refractivity contribution >= 4 is 57.2 Å². The fourth-order valence-electron chi connectivity index (χ4n) is 2.26. The number of rotatable bonds is 5. The van der Waals surface area contributed by atoms with Crippen LogP contribution in [0, 0.1) is 5.82 Å². The normalized spacial score (nSPS) is 10.6. The molecule has 0 saturated heterocycles. The Hall–Kier alpha value is -2.55. The van der Waals surface area contributed by atoms with Gasteiger partial charge in [-0.3, -0.25) is 9.69 Å². The Kier molecular flexibility index (Phi) is 6.23. The van der Waals surface area contributed by atoms with Crippen LogP contribution in [0.15, 0.2) is 41.9 Å². The van der Waals surface area contributed by atoms with E-state index in [0.29, 0.717) is 5.69 Å². The van der Waals surface area contributed by atoms with Crippen molar-refractivity contribution in [2.24, 2.45) is 0 Å². The smallest absolute Gasteiger partial charge is 0.340 e. The number of thiazole rings is 1. The van der Waals surface area contributed by atoms with Crippen molar-refractivity contribution < 1.29 is 18.7 Å². The van der Waals surface area contributed by atoms with Crippen LogP contribution in [0.5, 0.6) is 0 Å². The highest BCUT2D eigenvalue weighted by atomic mass is 35.5. The van der Waals surface area contributed by atoms with Crippen molar-refractivity contribution in [1.82, 2.24) is 9.97 Å². The zero-order chi connectivity index (χ0) is 20.3. The standard InChI is InChI=1S/C18H12Cl2FN3O3S/c1-10(25)24(15-5-3-2-4-14(15)21)18-23-12(9-28-18)8-27-17(26)11-6-13(19)16(20)22-7-11/h2-7,9H,8H2,1H3. The monoisotopic (exact) mass is 439 g/mol. The second-order valence-electron chi connectivity index (χ2n) is 5.50. The van der Waals surface area contributed by atoms with Gasteiger partial charge >= 0.3 is 5.97 Å². The van der Waals surface area contributed by atoms with E-state index in [9.17, 15) is 14.0 Å². The molecule has 0 bridgehead atoms. The summed E-state index contributed by atoms with van der Waals surface area (Å²) in [5, 5.41) is 2.10. The van der Waals surface area contributed by atoms with Crippen LogP contribution in [0.25, 0.3) is 0 Å². The number of anilines is 2. The summed E-state index contributed by atoms with van der Waals surface area (Å²) in [4.78, 5) is 33.3.